The molecule has 0 aliphatic carbocycles. The molecule has 1 aliphatic rings. The van der Waals surface area contributed by atoms with Crippen LogP contribution in [-0.2, 0) is 9.53 Å². The smallest absolute Gasteiger partial charge is 0.314 e. The number of nitrogens with zero attached hydrogens (tertiary/aromatic N) is 1. The van der Waals surface area contributed by atoms with Gasteiger partial charge in [0.25, 0.3) is 0 Å². The first-order chi connectivity index (χ1) is 10.1. The van der Waals surface area contributed by atoms with E-state index in [0.29, 0.717) is 13.1 Å². The van der Waals surface area contributed by atoms with Crippen LogP contribution in [0.3, 0.4) is 0 Å². The largest absolute Gasteiger partial charge is 0.379 e. The molecule has 3 N–H and O–H groups in total. The summed E-state index contributed by atoms with van der Waals surface area (Å²) in [6, 6.07) is -0.270. The zero-order valence-corrected chi connectivity index (χ0v) is 13.7. The normalized spacial score (nSPS) is 16.2. The maximum Gasteiger partial charge on any atom is 0.314 e. The van der Waals surface area contributed by atoms with Crippen LogP contribution in [0.5, 0.6) is 0 Å². The molecule has 1 aliphatic heterocycles. The quantitative estimate of drug-likeness (QED) is 0.653. The van der Waals surface area contributed by atoms with Gasteiger partial charge in [0.2, 0.25) is 5.91 Å². The van der Waals surface area contributed by atoms with Crippen molar-refractivity contribution in [3.8, 4) is 0 Å². The van der Waals surface area contributed by atoms with Crippen LogP contribution >= 0.6 is 0 Å². The minimum Gasteiger partial charge on any atom is -0.379 e. The fourth-order valence-corrected chi connectivity index (χ4v) is 1.86. The molecule has 0 bridgehead atoms. The average Bonchev–Trinajstić information content (AvgIpc) is 2.48. The molecule has 1 rings (SSSR count). The standard InChI is InChI=1S/C12H24N4O3.C2H6/c1-10(15-11(2)17)9-14-12(18)13-3-4-16-5-7-19-8-6-16;1-2/h10H,3-9H2,1-2H3,(H,15,17)(H2,13,14,18);1-2H3. The van der Waals surface area contributed by atoms with Crippen molar-refractivity contribution in [1.29, 1.82) is 0 Å². The molecule has 0 radical (unpaired) electrons. The fourth-order valence-electron chi connectivity index (χ4n) is 1.86. The third-order valence-electron chi connectivity index (χ3n) is 2.84. The van der Waals surface area contributed by atoms with E-state index >= 15 is 0 Å². The minimum absolute atomic E-state index is 0.0671. The Morgan fingerprint density at radius 1 is 1.19 bits per heavy atom. The third-order valence-corrected chi connectivity index (χ3v) is 2.84. The molecule has 1 atom stereocenters. The van der Waals surface area contributed by atoms with E-state index in [2.05, 4.69) is 20.9 Å². The molecule has 0 saturated carbocycles. The fraction of sp³-hybridized carbons (Fsp3) is 0.857. The van der Waals surface area contributed by atoms with Crippen LogP contribution in [0.4, 0.5) is 4.79 Å². The lowest BCUT2D eigenvalue weighted by atomic mass is 10.3. The lowest BCUT2D eigenvalue weighted by Gasteiger charge is -2.26. The summed E-state index contributed by atoms with van der Waals surface area (Å²) in [5, 5.41) is 8.21. The van der Waals surface area contributed by atoms with E-state index in [-0.39, 0.29) is 18.0 Å². The van der Waals surface area contributed by atoms with Crippen molar-refractivity contribution in [3.63, 3.8) is 0 Å². The Labute approximate surface area is 127 Å². The van der Waals surface area contributed by atoms with E-state index in [4.69, 9.17) is 4.74 Å². The molecule has 21 heavy (non-hydrogen) atoms. The Morgan fingerprint density at radius 2 is 1.81 bits per heavy atom. The molecule has 0 aromatic carbocycles. The van der Waals surface area contributed by atoms with E-state index in [9.17, 15) is 9.59 Å². The number of hydrogen-bond acceptors (Lipinski definition) is 4. The molecule has 1 unspecified atom stereocenters. The molecule has 1 saturated heterocycles. The van der Waals surface area contributed by atoms with Gasteiger partial charge in [-0.15, -0.1) is 0 Å². The minimum atomic E-state index is -0.203. The summed E-state index contributed by atoms with van der Waals surface area (Å²) in [6.45, 7) is 12.5. The lowest BCUT2D eigenvalue weighted by molar-refractivity contribution is -0.119. The monoisotopic (exact) mass is 302 g/mol. The summed E-state index contributed by atoms with van der Waals surface area (Å²) >= 11 is 0. The molecule has 124 valence electrons. The van der Waals surface area contributed by atoms with Gasteiger partial charge in [-0.3, -0.25) is 9.69 Å². The first-order valence-corrected chi connectivity index (χ1v) is 7.67. The van der Waals surface area contributed by atoms with Crippen LogP contribution in [0.15, 0.2) is 0 Å². The number of morpholine rings is 1. The number of nitrogens with one attached hydrogen (secondary N) is 3. The van der Waals surface area contributed by atoms with Crippen molar-refractivity contribution in [2.24, 2.45) is 0 Å². The predicted octanol–water partition coefficient (Wildman–Crippen LogP) is 0.169. The summed E-state index contributed by atoms with van der Waals surface area (Å²) in [5.74, 6) is -0.0953. The molecular formula is C14H30N4O3. The number of amides is 3. The van der Waals surface area contributed by atoms with Crippen molar-refractivity contribution in [1.82, 2.24) is 20.9 Å². The van der Waals surface area contributed by atoms with Crippen LogP contribution in [0.2, 0.25) is 0 Å². The summed E-state index contributed by atoms with van der Waals surface area (Å²) in [7, 11) is 0. The van der Waals surface area contributed by atoms with E-state index in [1.807, 2.05) is 20.8 Å². The summed E-state index contributed by atoms with van der Waals surface area (Å²) < 4.78 is 5.25. The van der Waals surface area contributed by atoms with Gasteiger partial charge >= 0.3 is 6.03 Å². The van der Waals surface area contributed by atoms with Crippen molar-refractivity contribution < 1.29 is 14.3 Å². The van der Waals surface area contributed by atoms with Gasteiger partial charge < -0.3 is 20.7 Å². The third kappa shape index (κ3) is 11.0. The Hall–Kier alpha value is -1.34. The SMILES string of the molecule is CC.CC(=O)NC(C)CNC(=O)NCCN1CCOCC1. The van der Waals surface area contributed by atoms with Crippen molar-refractivity contribution in [3.05, 3.63) is 0 Å². The maximum absolute atomic E-state index is 11.5. The maximum atomic E-state index is 11.5. The first kappa shape index (κ1) is 19.7. The number of carbonyl (C=O) groups is 2. The van der Waals surface area contributed by atoms with Gasteiger partial charge in [-0.25, -0.2) is 4.79 Å². The first-order valence-electron chi connectivity index (χ1n) is 7.67. The van der Waals surface area contributed by atoms with Crippen molar-refractivity contribution in [2.75, 3.05) is 45.9 Å². The van der Waals surface area contributed by atoms with Gasteiger partial charge in [0.1, 0.15) is 0 Å². The highest BCUT2D eigenvalue weighted by molar-refractivity contribution is 5.74. The molecule has 7 heteroatoms. The summed E-state index contributed by atoms with van der Waals surface area (Å²) in [6.07, 6.45) is 0. The molecule has 0 aromatic rings. The Kier molecular flexibility index (Phi) is 11.6. The number of rotatable bonds is 6. The molecule has 3 amide bonds. The highest BCUT2D eigenvalue weighted by Gasteiger charge is 2.10. The van der Waals surface area contributed by atoms with E-state index in [1.54, 1.807) is 0 Å². The van der Waals surface area contributed by atoms with Gasteiger partial charge in [0, 0.05) is 45.7 Å². The van der Waals surface area contributed by atoms with Crippen LogP contribution in [0.25, 0.3) is 0 Å². The summed E-state index contributed by atoms with van der Waals surface area (Å²) in [4.78, 5) is 24.5. The zero-order valence-electron chi connectivity index (χ0n) is 13.7. The van der Waals surface area contributed by atoms with Crippen LogP contribution < -0.4 is 16.0 Å². The molecular weight excluding hydrogens is 272 g/mol. The second-order valence-electron chi connectivity index (χ2n) is 4.69. The highest BCUT2D eigenvalue weighted by atomic mass is 16.5. The number of urea groups is 1. The van der Waals surface area contributed by atoms with Crippen molar-refractivity contribution in [2.45, 2.75) is 33.7 Å². The zero-order chi connectivity index (χ0) is 16.1. The van der Waals surface area contributed by atoms with Gasteiger partial charge in [-0.2, -0.15) is 0 Å². The number of ether oxygens (including phenoxy) is 1. The second-order valence-corrected chi connectivity index (χ2v) is 4.69. The predicted molar refractivity (Wildman–Crippen MR) is 83.3 cm³/mol. The Morgan fingerprint density at radius 3 is 2.38 bits per heavy atom. The molecule has 1 heterocycles. The lowest BCUT2D eigenvalue weighted by Crippen LogP contribution is -2.47. The van der Waals surface area contributed by atoms with Crippen LogP contribution in [0.1, 0.15) is 27.7 Å². The van der Waals surface area contributed by atoms with Gasteiger partial charge in [-0.1, -0.05) is 13.8 Å². The van der Waals surface area contributed by atoms with E-state index in [1.165, 1.54) is 6.92 Å². The van der Waals surface area contributed by atoms with Gasteiger partial charge in [0.15, 0.2) is 0 Å². The van der Waals surface area contributed by atoms with E-state index < -0.39 is 0 Å². The Balaban J connectivity index is 0.00000191. The Bertz CT molecular complexity index is 294. The van der Waals surface area contributed by atoms with Gasteiger partial charge in [0.05, 0.1) is 13.2 Å². The topological polar surface area (TPSA) is 82.7 Å². The molecule has 0 aromatic heterocycles. The van der Waals surface area contributed by atoms with Gasteiger partial charge in [-0.05, 0) is 6.92 Å². The molecule has 0 spiro atoms. The van der Waals surface area contributed by atoms with Crippen molar-refractivity contribution >= 4 is 11.9 Å². The number of carbonyl (C=O) groups excluding carboxylic acids is 2. The number of hydrogen-bond donors (Lipinski definition) is 3. The second kappa shape index (κ2) is 12.4. The van der Waals surface area contributed by atoms with Crippen LogP contribution in [-0.4, -0.2) is 68.8 Å². The van der Waals surface area contributed by atoms with Crippen LogP contribution in [0, 0.1) is 0 Å². The molecule has 7 nitrogen and oxygen atoms in total. The average molecular weight is 302 g/mol. The molecule has 1 fully saturated rings. The van der Waals surface area contributed by atoms with E-state index in [0.717, 1.165) is 32.8 Å². The summed E-state index contributed by atoms with van der Waals surface area (Å²) in [5.41, 5.74) is 0. The highest BCUT2D eigenvalue weighted by Crippen LogP contribution is 1.94.